The summed E-state index contributed by atoms with van der Waals surface area (Å²) < 4.78 is 10.6. The molecule has 4 rings (SSSR count). The molecule has 4 aromatic rings. The van der Waals surface area contributed by atoms with E-state index < -0.39 is 5.91 Å². The van der Waals surface area contributed by atoms with E-state index in [0.717, 1.165) is 10.8 Å². The lowest BCUT2D eigenvalue weighted by atomic mass is 10.1. The number of rotatable bonds is 7. The molecule has 0 aliphatic rings. The molecular weight excluding hydrogens is 436 g/mol. The number of anilines is 1. The molecular formula is C26H22N2O4S. The monoisotopic (exact) mass is 458 g/mol. The smallest absolute Gasteiger partial charge is 0.272 e. The number of hydrogen-bond acceptors (Lipinski definition) is 5. The number of fused-ring (bicyclic) bond motifs is 1. The molecule has 7 heteroatoms. The summed E-state index contributed by atoms with van der Waals surface area (Å²) >= 11 is 1.30. The number of methoxy groups -OCH3 is 2. The lowest BCUT2D eigenvalue weighted by Gasteiger charge is -2.13. The van der Waals surface area contributed by atoms with Gasteiger partial charge in [0.15, 0.2) is 11.5 Å². The molecule has 166 valence electrons. The van der Waals surface area contributed by atoms with Crippen molar-refractivity contribution in [2.45, 2.75) is 0 Å². The van der Waals surface area contributed by atoms with Gasteiger partial charge in [0.05, 0.1) is 19.1 Å². The minimum Gasteiger partial charge on any atom is -0.493 e. The summed E-state index contributed by atoms with van der Waals surface area (Å²) in [5.41, 5.74) is 1.43. The minimum atomic E-state index is -0.439. The lowest BCUT2D eigenvalue weighted by Crippen LogP contribution is -2.30. The zero-order chi connectivity index (χ0) is 23.2. The summed E-state index contributed by atoms with van der Waals surface area (Å²) in [6, 6.07) is 22.2. The van der Waals surface area contributed by atoms with Crippen LogP contribution < -0.4 is 20.1 Å². The topological polar surface area (TPSA) is 76.7 Å². The second-order valence-corrected chi connectivity index (χ2v) is 8.03. The van der Waals surface area contributed by atoms with E-state index in [-0.39, 0.29) is 11.6 Å². The summed E-state index contributed by atoms with van der Waals surface area (Å²) in [4.78, 5) is 26.5. The summed E-state index contributed by atoms with van der Waals surface area (Å²) in [6.45, 7) is 0. The zero-order valence-electron chi connectivity index (χ0n) is 18.1. The average Bonchev–Trinajstić information content (AvgIpc) is 3.39. The maximum Gasteiger partial charge on any atom is 0.272 e. The standard InChI is InChI=1S/C26H22N2O4S/c1-31-22-13-12-17(16-23(22)32-2)15-21(28-26(30)24-11-6-14-33-24)25(29)27-20-10-5-8-18-7-3-4-9-19(18)20/h3-16H,1-2H3,(H,27,29)(H,28,30)/b21-15+. The number of ether oxygens (including phenoxy) is 2. The molecule has 2 amide bonds. The second-order valence-electron chi connectivity index (χ2n) is 7.08. The predicted molar refractivity (Wildman–Crippen MR) is 132 cm³/mol. The number of hydrogen-bond donors (Lipinski definition) is 2. The Morgan fingerprint density at radius 1 is 0.879 bits per heavy atom. The van der Waals surface area contributed by atoms with Crippen LogP contribution >= 0.6 is 11.3 Å². The van der Waals surface area contributed by atoms with Crippen LogP contribution in [0.15, 0.2) is 83.9 Å². The van der Waals surface area contributed by atoms with Crippen molar-refractivity contribution in [3.05, 3.63) is 94.3 Å². The van der Waals surface area contributed by atoms with E-state index in [9.17, 15) is 9.59 Å². The number of nitrogens with one attached hydrogen (secondary N) is 2. The highest BCUT2D eigenvalue weighted by Gasteiger charge is 2.17. The maximum absolute atomic E-state index is 13.3. The van der Waals surface area contributed by atoms with E-state index in [1.807, 2.05) is 47.8 Å². The fraction of sp³-hybridized carbons (Fsp3) is 0.0769. The molecule has 33 heavy (non-hydrogen) atoms. The maximum atomic E-state index is 13.3. The third-order valence-electron chi connectivity index (χ3n) is 4.99. The Morgan fingerprint density at radius 2 is 1.67 bits per heavy atom. The highest BCUT2D eigenvalue weighted by atomic mass is 32.1. The Kier molecular flexibility index (Phi) is 6.71. The molecule has 0 radical (unpaired) electrons. The van der Waals surface area contributed by atoms with E-state index in [2.05, 4.69) is 10.6 Å². The van der Waals surface area contributed by atoms with E-state index >= 15 is 0 Å². The van der Waals surface area contributed by atoms with Crippen molar-refractivity contribution in [3.8, 4) is 11.5 Å². The van der Waals surface area contributed by atoms with Crippen LogP contribution in [0.4, 0.5) is 5.69 Å². The Balaban J connectivity index is 1.69. The first-order chi connectivity index (χ1) is 16.1. The fourth-order valence-electron chi connectivity index (χ4n) is 3.38. The molecule has 1 aromatic heterocycles. The highest BCUT2D eigenvalue weighted by molar-refractivity contribution is 7.12. The van der Waals surface area contributed by atoms with Crippen molar-refractivity contribution in [2.24, 2.45) is 0 Å². The molecule has 0 atom stereocenters. The number of benzene rings is 3. The average molecular weight is 459 g/mol. The number of thiophene rings is 1. The zero-order valence-corrected chi connectivity index (χ0v) is 18.9. The number of carbonyl (C=O) groups is 2. The first kappa shape index (κ1) is 22.1. The van der Waals surface area contributed by atoms with Crippen molar-refractivity contribution in [2.75, 3.05) is 19.5 Å². The molecule has 0 bridgehead atoms. The fourth-order valence-corrected chi connectivity index (χ4v) is 4.00. The molecule has 0 aliphatic heterocycles. The van der Waals surface area contributed by atoms with Gasteiger partial charge in [-0.2, -0.15) is 0 Å². The van der Waals surface area contributed by atoms with Gasteiger partial charge in [-0.15, -0.1) is 11.3 Å². The largest absolute Gasteiger partial charge is 0.493 e. The van der Waals surface area contributed by atoms with E-state index in [1.54, 1.807) is 43.5 Å². The van der Waals surface area contributed by atoms with Gasteiger partial charge in [0.2, 0.25) is 0 Å². The van der Waals surface area contributed by atoms with Gasteiger partial charge in [-0.25, -0.2) is 0 Å². The van der Waals surface area contributed by atoms with Crippen LogP contribution in [0.2, 0.25) is 0 Å². The molecule has 0 aliphatic carbocycles. The van der Waals surface area contributed by atoms with Gasteiger partial charge in [-0.3, -0.25) is 9.59 Å². The van der Waals surface area contributed by atoms with Gasteiger partial charge in [0, 0.05) is 11.1 Å². The van der Waals surface area contributed by atoms with Crippen LogP contribution in [0, 0.1) is 0 Å². The molecule has 0 fully saturated rings. The first-order valence-electron chi connectivity index (χ1n) is 10.2. The van der Waals surface area contributed by atoms with Crippen molar-refractivity contribution < 1.29 is 19.1 Å². The normalized spacial score (nSPS) is 11.2. The Bertz CT molecular complexity index is 1320. The van der Waals surface area contributed by atoms with Crippen molar-refractivity contribution in [1.82, 2.24) is 5.32 Å². The molecule has 6 nitrogen and oxygen atoms in total. The van der Waals surface area contributed by atoms with Crippen molar-refractivity contribution in [1.29, 1.82) is 0 Å². The predicted octanol–water partition coefficient (Wildman–Crippen LogP) is 5.33. The number of amides is 2. The van der Waals surface area contributed by atoms with Crippen LogP contribution in [0.5, 0.6) is 11.5 Å². The lowest BCUT2D eigenvalue weighted by molar-refractivity contribution is -0.113. The quantitative estimate of drug-likeness (QED) is 0.367. The van der Waals surface area contributed by atoms with Gasteiger partial charge in [-0.1, -0.05) is 48.5 Å². The molecule has 0 spiro atoms. The Labute approximate surface area is 195 Å². The highest BCUT2D eigenvalue weighted by Crippen LogP contribution is 2.29. The van der Waals surface area contributed by atoms with Crippen molar-refractivity contribution in [3.63, 3.8) is 0 Å². The molecule has 0 unspecified atom stereocenters. The van der Waals surface area contributed by atoms with E-state index in [4.69, 9.17) is 9.47 Å². The van der Waals surface area contributed by atoms with Gasteiger partial charge < -0.3 is 20.1 Å². The Morgan fingerprint density at radius 3 is 2.42 bits per heavy atom. The van der Waals surface area contributed by atoms with Gasteiger partial charge >= 0.3 is 0 Å². The van der Waals surface area contributed by atoms with E-state index in [1.165, 1.54) is 18.4 Å². The third kappa shape index (κ3) is 5.05. The van der Waals surface area contributed by atoms with Gasteiger partial charge in [-0.05, 0) is 46.7 Å². The minimum absolute atomic E-state index is 0.105. The Hall–Kier alpha value is -4.10. The third-order valence-corrected chi connectivity index (χ3v) is 5.86. The van der Waals surface area contributed by atoms with E-state index in [0.29, 0.717) is 27.6 Å². The van der Waals surface area contributed by atoms with Crippen LogP contribution in [-0.4, -0.2) is 26.0 Å². The molecule has 0 saturated carbocycles. The summed E-state index contributed by atoms with van der Waals surface area (Å²) in [5, 5.41) is 9.40. The van der Waals surface area contributed by atoms with Crippen LogP contribution in [0.1, 0.15) is 15.2 Å². The van der Waals surface area contributed by atoms with Crippen LogP contribution in [0.25, 0.3) is 16.8 Å². The van der Waals surface area contributed by atoms with Gasteiger partial charge in [0.1, 0.15) is 5.70 Å². The SMILES string of the molecule is COc1ccc(/C=C(/NC(=O)c2cccs2)C(=O)Nc2cccc3ccccc23)cc1OC. The summed E-state index contributed by atoms with van der Waals surface area (Å²) in [6.07, 6.45) is 1.61. The molecule has 1 heterocycles. The molecule has 2 N–H and O–H groups in total. The van der Waals surface area contributed by atoms with Gasteiger partial charge in [0.25, 0.3) is 11.8 Å². The second kappa shape index (κ2) is 10.0. The van der Waals surface area contributed by atoms with Crippen LogP contribution in [0.3, 0.4) is 0 Å². The summed E-state index contributed by atoms with van der Waals surface area (Å²) in [5.74, 6) is 0.291. The van der Waals surface area contributed by atoms with Crippen molar-refractivity contribution >= 4 is 45.7 Å². The summed E-state index contributed by atoms with van der Waals surface area (Å²) in [7, 11) is 3.09. The van der Waals surface area contributed by atoms with Crippen LogP contribution in [-0.2, 0) is 4.79 Å². The molecule has 3 aromatic carbocycles. The number of carbonyl (C=O) groups excluding carboxylic acids is 2. The molecule has 0 saturated heterocycles. The first-order valence-corrected chi connectivity index (χ1v) is 11.0.